The lowest BCUT2D eigenvalue weighted by atomic mass is 10.0. The molecule has 110 valence electrons. The maximum atomic E-state index is 13.7. The topological polar surface area (TPSA) is 78.8 Å². The average Bonchev–Trinajstić information content (AvgIpc) is 2.45. The highest BCUT2D eigenvalue weighted by Gasteiger charge is 2.26. The number of alkyl halides is 1. The summed E-state index contributed by atoms with van der Waals surface area (Å²) in [4.78, 5) is 10.4. The van der Waals surface area contributed by atoms with Gasteiger partial charge in [-0.25, -0.2) is 4.39 Å². The number of hydrogen-bond acceptors (Lipinski definition) is 5. The van der Waals surface area contributed by atoms with Crippen LogP contribution >= 0.6 is 12.4 Å². The molecule has 2 aromatic rings. The molecule has 0 aliphatic carbocycles. The van der Waals surface area contributed by atoms with Gasteiger partial charge in [-0.1, -0.05) is 0 Å². The number of fused-ring (bicyclic) bond motifs is 1. The molecular formula is C14H15ClFN5. The van der Waals surface area contributed by atoms with Gasteiger partial charge in [0.15, 0.2) is 0 Å². The molecule has 1 fully saturated rings. The molecule has 2 atom stereocenters. The Labute approximate surface area is 128 Å². The molecule has 7 heteroatoms. The number of hydrogen-bond donors (Lipinski definition) is 1. The number of anilines is 1. The van der Waals surface area contributed by atoms with Crippen molar-refractivity contribution in [1.29, 1.82) is 5.26 Å². The Balaban J connectivity index is 0.00000161. The first kappa shape index (κ1) is 15.4. The van der Waals surface area contributed by atoms with Crippen LogP contribution in [0.1, 0.15) is 12.0 Å². The van der Waals surface area contributed by atoms with Gasteiger partial charge in [0.1, 0.15) is 23.3 Å². The fourth-order valence-corrected chi connectivity index (χ4v) is 2.66. The molecule has 0 spiro atoms. The van der Waals surface area contributed by atoms with Crippen LogP contribution < -0.4 is 10.6 Å². The third kappa shape index (κ3) is 2.89. The quantitative estimate of drug-likeness (QED) is 0.869. The Kier molecular flexibility index (Phi) is 4.56. The van der Waals surface area contributed by atoms with Crippen molar-refractivity contribution >= 4 is 29.1 Å². The standard InChI is InChI=1S/C14H14FN5.ClH/c15-10-5-11(17)8-20(7-10)12-2-1-9(6-16)13-14(12)19-4-3-18-13;/h1-4,10-11H,5,7-8,17H2;1H/t10-,11+;/m0./s1. The maximum absolute atomic E-state index is 13.7. The van der Waals surface area contributed by atoms with Gasteiger partial charge in [0, 0.05) is 31.5 Å². The lowest BCUT2D eigenvalue weighted by Gasteiger charge is -2.34. The first-order valence-corrected chi connectivity index (χ1v) is 6.47. The van der Waals surface area contributed by atoms with Gasteiger partial charge in [0.2, 0.25) is 0 Å². The third-order valence-corrected chi connectivity index (χ3v) is 3.50. The van der Waals surface area contributed by atoms with Crippen molar-refractivity contribution in [2.75, 3.05) is 18.0 Å². The summed E-state index contributed by atoms with van der Waals surface area (Å²) in [5, 5.41) is 9.11. The molecule has 0 saturated carbocycles. The van der Waals surface area contributed by atoms with Gasteiger partial charge in [0.05, 0.1) is 11.3 Å². The lowest BCUT2D eigenvalue weighted by Crippen LogP contribution is -2.48. The predicted molar refractivity (Wildman–Crippen MR) is 81.2 cm³/mol. The van der Waals surface area contributed by atoms with Gasteiger partial charge in [-0.05, 0) is 18.6 Å². The zero-order valence-electron chi connectivity index (χ0n) is 11.2. The summed E-state index contributed by atoms with van der Waals surface area (Å²) in [7, 11) is 0. The number of nitrogens with zero attached hydrogens (tertiary/aromatic N) is 4. The van der Waals surface area contributed by atoms with E-state index < -0.39 is 6.17 Å². The number of aromatic nitrogens is 2. The van der Waals surface area contributed by atoms with Crippen molar-refractivity contribution in [3.63, 3.8) is 0 Å². The molecule has 5 nitrogen and oxygen atoms in total. The predicted octanol–water partition coefficient (Wildman–Crippen LogP) is 1.80. The molecule has 0 amide bonds. The van der Waals surface area contributed by atoms with E-state index in [1.54, 1.807) is 24.5 Å². The van der Waals surface area contributed by atoms with E-state index in [-0.39, 0.29) is 18.4 Å². The number of nitrogens with two attached hydrogens (primary N) is 1. The zero-order chi connectivity index (χ0) is 14.1. The number of piperidine rings is 1. The smallest absolute Gasteiger partial charge is 0.119 e. The SMILES string of the molecule is Cl.N#Cc1ccc(N2C[C@H](N)C[C@H](F)C2)c2nccnc12. The van der Waals surface area contributed by atoms with Crippen LogP contribution in [0.3, 0.4) is 0 Å². The lowest BCUT2D eigenvalue weighted by molar-refractivity contribution is 0.269. The fraction of sp³-hybridized carbons (Fsp3) is 0.357. The van der Waals surface area contributed by atoms with Crippen molar-refractivity contribution in [1.82, 2.24) is 9.97 Å². The van der Waals surface area contributed by atoms with Crippen molar-refractivity contribution < 1.29 is 4.39 Å². The maximum Gasteiger partial charge on any atom is 0.119 e. The van der Waals surface area contributed by atoms with E-state index in [0.717, 1.165) is 5.69 Å². The van der Waals surface area contributed by atoms with Crippen molar-refractivity contribution in [3.8, 4) is 6.07 Å². The van der Waals surface area contributed by atoms with Gasteiger partial charge in [-0.2, -0.15) is 5.26 Å². The molecule has 3 rings (SSSR count). The van der Waals surface area contributed by atoms with Crippen LogP contribution in [0.5, 0.6) is 0 Å². The summed E-state index contributed by atoms with van der Waals surface area (Å²) in [6.45, 7) is 0.878. The van der Waals surface area contributed by atoms with E-state index in [2.05, 4.69) is 16.0 Å². The van der Waals surface area contributed by atoms with Crippen molar-refractivity contribution in [2.24, 2.45) is 5.73 Å². The fourth-order valence-electron chi connectivity index (χ4n) is 2.66. The van der Waals surface area contributed by atoms with Gasteiger partial charge in [0.25, 0.3) is 0 Å². The third-order valence-electron chi connectivity index (χ3n) is 3.50. The monoisotopic (exact) mass is 307 g/mol. The molecule has 1 aromatic heterocycles. The molecule has 2 heterocycles. The number of benzene rings is 1. The first-order valence-electron chi connectivity index (χ1n) is 6.47. The van der Waals surface area contributed by atoms with E-state index in [1.165, 1.54) is 0 Å². The molecule has 1 aliphatic heterocycles. The molecule has 1 saturated heterocycles. The normalized spacial score (nSPS) is 21.7. The van der Waals surface area contributed by atoms with Gasteiger partial charge >= 0.3 is 0 Å². The molecule has 21 heavy (non-hydrogen) atoms. The largest absolute Gasteiger partial charge is 0.365 e. The van der Waals surface area contributed by atoms with Crippen LogP contribution in [0.4, 0.5) is 10.1 Å². The van der Waals surface area contributed by atoms with E-state index in [4.69, 9.17) is 11.0 Å². The second-order valence-electron chi connectivity index (χ2n) is 5.00. The van der Waals surface area contributed by atoms with Crippen LogP contribution in [-0.2, 0) is 0 Å². The molecule has 1 aromatic carbocycles. The zero-order valence-corrected chi connectivity index (χ0v) is 12.1. The highest BCUT2D eigenvalue weighted by molar-refractivity contribution is 5.92. The van der Waals surface area contributed by atoms with Crippen LogP contribution in [0.25, 0.3) is 11.0 Å². The summed E-state index contributed by atoms with van der Waals surface area (Å²) in [5.74, 6) is 0. The van der Waals surface area contributed by atoms with Crippen LogP contribution in [0.2, 0.25) is 0 Å². The number of rotatable bonds is 1. The molecule has 0 radical (unpaired) electrons. The van der Waals surface area contributed by atoms with Crippen molar-refractivity contribution in [2.45, 2.75) is 18.6 Å². The molecule has 1 aliphatic rings. The van der Waals surface area contributed by atoms with E-state index in [0.29, 0.717) is 36.1 Å². The van der Waals surface area contributed by atoms with Gasteiger partial charge in [-0.3, -0.25) is 9.97 Å². The first-order chi connectivity index (χ1) is 9.69. The minimum atomic E-state index is -0.943. The average molecular weight is 308 g/mol. The van der Waals surface area contributed by atoms with E-state index in [1.807, 2.05) is 4.90 Å². The van der Waals surface area contributed by atoms with E-state index >= 15 is 0 Å². The van der Waals surface area contributed by atoms with E-state index in [9.17, 15) is 4.39 Å². The number of halogens is 2. The Hall–Kier alpha value is -1.97. The summed E-state index contributed by atoms with van der Waals surface area (Å²) in [5.41, 5.74) is 8.29. The van der Waals surface area contributed by atoms with Crippen LogP contribution in [0.15, 0.2) is 24.5 Å². The Morgan fingerprint density at radius 3 is 2.62 bits per heavy atom. The molecule has 2 N–H and O–H groups in total. The van der Waals surface area contributed by atoms with Gasteiger partial charge < -0.3 is 10.6 Å². The molecular weight excluding hydrogens is 293 g/mol. The summed E-state index contributed by atoms with van der Waals surface area (Å²) >= 11 is 0. The minimum Gasteiger partial charge on any atom is -0.365 e. The summed E-state index contributed by atoms with van der Waals surface area (Å²) in [6.07, 6.45) is 2.56. The van der Waals surface area contributed by atoms with Gasteiger partial charge in [-0.15, -0.1) is 12.4 Å². The Bertz CT molecular complexity index is 677. The minimum absolute atomic E-state index is 0. The van der Waals surface area contributed by atoms with Crippen molar-refractivity contribution in [3.05, 3.63) is 30.1 Å². The Morgan fingerprint density at radius 2 is 1.95 bits per heavy atom. The number of nitriles is 1. The highest BCUT2D eigenvalue weighted by Crippen LogP contribution is 2.28. The Morgan fingerprint density at radius 1 is 1.24 bits per heavy atom. The second kappa shape index (κ2) is 6.20. The molecule has 0 unspecified atom stereocenters. The summed E-state index contributed by atoms with van der Waals surface area (Å²) < 4.78 is 13.7. The highest BCUT2D eigenvalue weighted by atomic mass is 35.5. The summed E-state index contributed by atoms with van der Waals surface area (Å²) in [6, 6.07) is 5.39. The van der Waals surface area contributed by atoms with Crippen LogP contribution in [0, 0.1) is 11.3 Å². The molecule has 0 bridgehead atoms. The van der Waals surface area contributed by atoms with Crippen LogP contribution in [-0.4, -0.2) is 35.3 Å². The second-order valence-corrected chi connectivity index (χ2v) is 5.00.